The summed E-state index contributed by atoms with van der Waals surface area (Å²) in [6.07, 6.45) is 1.65. The molecule has 1 heterocycles. The monoisotopic (exact) mass is 250 g/mol. The second-order valence-electron chi connectivity index (χ2n) is 5.66. The molecule has 19 heavy (non-hydrogen) atoms. The minimum Gasteiger partial charge on any atom is -0.377 e. The van der Waals surface area contributed by atoms with Gasteiger partial charge >= 0.3 is 0 Å². The molecule has 2 fully saturated rings. The molecule has 1 aliphatic heterocycles. The van der Waals surface area contributed by atoms with Gasteiger partial charge in [0.15, 0.2) is 0 Å². The Hall–Kier alpha value is -1.60. The number of hydrogen-bond acceptors (Lipinski definition) is 1. The summed E-state index contributed by atoms with van der Waals surface area (Å²) in [5.41, 5.74) is 2.91. The van der Waals surface area contributed by atoms with Gasteiger partial charge in [0.05, 0.1) is 6.10 Å². The van der Waals surface area contributed by atoms with Gasteiger partial charge in [-0.25, -0.2) is 0 Å². The molecule has 1 saturated carbocycles. The Morgan fingerprint density at radius 1 is 0.737 bits per heavy atom. The first-order valence-corrected chi connectivity index (χ1v) is 7.16. The smallest absolute Gasteiger partial charge is 0.0684 e. The quantitative estimate of drug-likeness (QED) is 0.783. The Kier molecular flexibility index (Phi) is 2.66. The van der Waals surface area contributed by atoms with Crippen LogP contribution in [0.3, 0.4) is 0 Å². The van der Waals surface area contributed by atoms with Crippen molar-refractivity contribution in [3.05, 3.63) is 71.8 Å². The first-order valence-electron chi connectivity index (χ1n) is 7.16. The first-order chi connectivity index (χ1) is 9.45. The van der Waals surface area contributed by atoms with Gasteiger partial charge in [-0.3, -0.25) is 0 Å². The fraction of sp³-hybridized carbons (Fsp3) is 0.333. The van der Waals surface area contributed by atoms with Gasteiger partial charge in [-0.1, -0.05) is 60.7 Å². The van der Waals surface area contributed by atoms with E-state index in [9.17, 15) is 0 Å². The van der Waals surface area contributed by atoms with Crippen molar-refractivity contribution in [2.45, 2.75) is 24.4 Å². The molecule has 0 radical (unpaired) electrons. The molecular weight excluding hydrogens is 232 g/mol. The van der Waals surface area contributed by atoms with Crippen LogP contribution in [0.4, 0.5) is 0 Å². The van der Waals surface area contributed by atoms with Crippen LogP contribution >= 0.6 is 0 Å². The van der Waals surface area contributed by atoms with E-state index >= 15 is 0 Å². The molecule has 0 N–H and O–H groups in total. The van der Waals surface area contributed by atoms with Crippen LogP contribution in [-0.4, -0.2) is 12.7 Å². The van der Waals surface area contributed by atoms with E-state index in [0.29, 0.717) is 23.9 Å². The Morgan fingerprint density at radius 3 is 1.95 bits per heavy atom. The molecule has 0 unspecified atom stereocenters. The van der Waals surface area contributed by atoms with Crippen LogP contribution in [0.5, 0.6) is 0 Å². The zero-order valence-corrected chi connectivity index (χ0v) is 10.9. The zero-order valence-electron chi connectivity index (χ0n) is 10.9. The molecule has 0 spiro atoms. The number of fused-ring (bicyclic) bond motifs is 1. The second-order valence-corrected chi connectivity index (χ2v) is 5.66. The molecular formula is C18H18O. The molecule has 0 aromatic heterocycles. The molecule has 0 bridgehead atoms. The van der Waals surface area contributed by atoms with Gasteiger partial charge in [-0.05, 0) is 29.4 Å². The van der Waals surface area contributed by atoms with Crippen molar-refractivity contribution < 1.29 is 4.74 Å². The normalized spacial score (nSPS) is 32.6. The molecule has 1 saturated heterocycles. The molecule has 2 aliphatic rings. The van der Waals surface area contributed by atoms with Crippen molar-refractivity contribution in [2.24, 2.45) is 5.92 Å². The lowest BCUT2D eigenvalue weighted by atomic mass is 9.57. The maximum atomic E-state index is 5.97. The molecule has 2 aromatic rings. The van der Waals surface area contributed by atoms with E-state index in [1.807, 2.05) is 0 Å². The van der Waals surface area contributed by atoms with E-state index in [1.165, 1.54) is 17.5 Å². The summed E-state index contributed by atoms with van der Waals surface area (Å²) < 4.78 is 5.97. The van der Waals surface area contributed by atoms with E-state index < -0.39 is 0 Å². The van der Waals surface area contributed by atoms with Crippen molar-refractivity contribution in [1.29, 1.82) is 0 Å². The highest BCUT2D eigenvalue weighted by Crippen LogP contribution is 2.58. The maximum Gasteiger partial charge on any atom is 0.0684 e. The van der Waals surface area contributed by atoms with E-state index in [-0.39, 0.29) is 0 Å². The summed E-state index contributed by atoms with van der Waals surface area (Å²) >= 11 is 0. The van der Waals surface area contributed by atoms with Gasteiger partial charge in [0, 0.05) is 12.5 Å². The SMILES string of the molecule is c1ccc([C@@H]2[C@@H]3CCO[C@@H]3[C@@H]2c2ccccc2)cc1. The van der Waals surface area contributed by atoms with Crippen molar-refractivity contribution in [2.75, 3.05) is 6.61 Å². The summed E-state index contributed by atoms with van der Waals surface area (Å²) in [7, 11) is 0. The fourth-order valence-electron chi connectivity index (χ4n) is 3.91. The van der Waals surface area contributed by atoms with Crippen LogP contribution in [0.15, 0.2) is 60.7 Å². The van der Waals surface area contributed by atoms with Crippen LogP contribution in [0.2, 0.25) is 0 Å². The molecule has 4 atom stereocenters. The summed E-state index contributed by atoms with van der Waals surface area (Å²) in [6, 6.07) is 21.8. The average molecular weight is 250 g/mol. The first kappa shape index (κ1) is 11.2. The van der Waals surface area contributed by atoms with E-state index in [0.717, 1.165) is 6.61 Å². The van der Waals surface area contributed by atoms with Crippen molar-refractivity contribution >= 4 is 0 Å². The van der Waals surface area contributed by atoms with E-state index in [1.54, 1.807) is 0 Å². The third-order valence-electron chi connectivity index (χ3n) is 4.75. The number of rotatable bonds is 2. The molecule has 1 nitrogen and oxygen atoms in total. The van der Waals surface area contributed by atoms with Gasteiger partial charge < -0.3 is 4.74 Å². The average Bonchev–Trinajstić information content (AvgIpc) is 2.85. The predicted molar refractivity (Wildman–Crippen MR) is 76.2 cm³/mol. The Labute approximate surface area is 114 Å². The molecule has 0 amide bonds. The topological polar surface area (TPSA) is 9.23 Å². The molecule has 4 rings (SSSR count). The van der Waals surface area contributed by atoms with Gasteiger partial charge in [-0.15, -0.1) is 0 Å². The highest BCUT2D eigenvalue weighted by atomic mass is 16.5. The van der Waals surface area contributed by atoms with Crippen molar-refractivity contribution in [3.63, 3.8) is 0 Å². The van der Waals surface area contributed by atoms with Crippen molar-refractivity contribution in [1.82, 2.24) is 0 Å². The van der Waals surface area contributed by atoms with Gasteiger partial charge in [-0.2, -0.15) is 0 Å². The summed E-state index contributed by atoms with van der Waals surface area (Å²) in [5.74, 6) is 1.89. The Morgan fingerprint density at radius 2 is 1.32 bits per heavy atom. The molecule has 2 aromatic carbocycles. The van der Waals surface area contributed by atoms with Crippen LogP contribution in [0.25, 0.3) is 0 Å². The van der Waals surface area contributed by atoms with Gasteiger partial charge in [0.1, 0.15) is 0 Å². The highest BCUT2D eigenvalue weighted by molar-refractivity contribution is 5.36. The standard InChI is InChI=1S/C18H18O/c1-3-7-13(8-4-1)16-15-11-12-19-18(15)17(16)14-9-5-2-6-10-14/h1-10,15-18H,11-12H2/t15-,16+,17+,18-/m0/s1. The lowest BCUT2D eigenvalue weighted by Gasteiger charge is -2.48. The fourth-order valence-corrected chi connectivity index (χ4v) is 3.91. The van der Waals surface area contributed by atoms with Gasteiger partial charge in [0.2, 0.25) is 0 Å². The number of benzene rings is 2. The third kappa shape index (κ3) is 1.73. The van der Waals surface area contributed by atoms with Crippen LogP contribution in [-0.2, 0) is 4.74 Å². The van der Waals surface area contributed by atoms with Crippen molar-refractivity contribution in [3.8, 4) is 0 Å². The van der Waals surface area contributed by atoms with E-state index in [2.05, 4.69) is 60.7 Å². The maximum absolute atomic E-state index is 5.97. The van der Waals surface area contributed by atoms with Gasteiger partial charge in [0.25, 0.3) is 0 Å². The lowest BCUT2D eigenvalue weighted by Crippen LogP contribution is -2.45. The highest BCUT2D eigenvalue weighted by Gasteiger charge is 2.54. The number of hydrogen-bond donors (Lipinski definition) is 0. The predicted octanol–water partition coefficient (Wildman–Crippen LogP) is 3.97. The van der Waals surface area contributed by atoms with Crippen LogP contribution in [0.1, 0.15) is 29.4 Å². The summed E-state index contributed by atoms with van der Waals surface area (Å²) in [4.78, 5) is 0. The zero-order chi connectivity index (χ0) is 12.7. The minimum absolute atomic E-state index is 0.438. The molecule has 1 aliphatic carbocycles. The largest absolute Gasteiger partial charge is 0.377 e. The minimum atomic E-state index is 0.438. The second kappa shape index (κ2) is 4.50. The lowest BCUT2D eigenvalue weighted by molar-refractivity contribution is -0.00899. The Balaban J connectivity index is 1.72. The third-order valence-corrected chi connectivity index (χ3v) is 4.75. The summed E-state index contributed by atoms with van der Waals surface area (Å²) in [6.45, 7) is 0.933. The number of ether oxygens (including phenoxy) is 1. The molecule has 1 heteroatoms. The van der Waals surface area contributed by atoms with Crippen LogP contribution in [0, 0.1) is 5.92 Å². The Bertz CT molecular complexity index is 497. The van der Waals surface area contributed by atoms with E-state index in [4.69, 9.17) is 4.74 Å². The summed E-state index contributed by atoms with van der Waals surface area (Å²) in [5, 5.41) is 0. The molecule has 96 valence electrons. The van der Waals surface area contributed by atoms with Crippen LogP contribution < -0.4 is 0 Å².